The van der Waals surface area contributed by atoms with Crippen LogP contribution in [0.15, 0.2) is 12.1 Å². The molecule has 0 saturated heterocycles. The van der Waals surface area contributed by atoms with Crippen LogP contribution in [-0.4, -0.2) is 0 Å². The van der Waals surface area contributed by atoms with E-state index in [9.17, 15) is 8.78 Å². The lowest BCUT2D eigenvalue weighted by Gasteiger charge is -2.02. The summed E-state index contributed by atoms with van der Waals surface area (Å²) >= 11 is 5.34. The van der Waals surface area contributed by atoms with E-state index in [1.165, 1.54) is 6.07 Å². The number of hydrogen-bond acceptors (Lipinski definition) is 2. The molecule has 0 heterocycles. The summed E-state index contributed by atoms with van der Waals surface area (Å²) in [5, 5.41) is -0.340. The SMILES string of the molecule is NNc1ccc(F)c(F)c1Cl. The van der Waals surface area contributed by atoms with E-state index in [1.54, 1.807) is 0 Å². The lowest BCUT2D eigenvalue weighted by atomic mass is 10.3. The molecule has 5 heteroatoms. The molecule has 11 heavy (non-hydrogen) atoms. The molecule has 1 rings (SSSR count). The third-order valence-electron chi connectivity index (χ3n) is 1.19. The minimum absolute atomic E-state index is 0.158. The standard InChI is InChI=1S/C6H5ClF2N2/c7-5-4(11-10)2-1-3(8)6(5)9/h1-2,11H,10H2. The molecule has 0 aliphatic heterocycles. The molecule has 0 fully saturated rings. The van der Waals surface area contributed by atoms with Crippen LogP contribution in [0.4, 0.5) is 14.5 Å². The van der Waals surface area contributed by atoms with Gasteiger partial charge in [-0.2, -0.15) is 0 Å². The molecule has 0 unspecified atom stereocenters. The highest BCUT2D eigenvalue weighted by atomic mass is 35.5. The second-order valence-electron chi connectivity index (χ2n) is 1.87. The highest BCUT2D eigenvalue weighted by molar-refractivity contribution is 6.33. The number of hydrogen-bond donors (Lipinski definition) is 2. The number of hydrazine groups is 1. The zero-order valence-electron chi connectivity index (χ0n) is 5.37. The van der Waals surface area contributed by atoms with Crippen molar-refractivity contribution >= 4 is 17.3 Å². The molecule has 0 saturated carbocycles. The van der Waals surface area contributed by atoms with Crippen molar-refractivity contribution in [2.24, 2.45) is 5.84 Å². The van der Waals surface area contributed by atoms with Gasteiger partial charge in [0.2, 0.25) is 0 Å². The Morgan fingerprint density at radius 1 is 1.36 bits per heavy atom. The quantitative estimate of drug-likeness (QED) is 0.392. The fraction of sp³-hybridized carbons (Fsp3) is 0. The molecule has 60 valence electrons. The molecule has 3 N–H and O–H groups in total. The highest BCUT2D eigenvalue weighted by Crippen LogP contribution is 2.25. The molecule has 0 bridgehead atoms. The third kappa shape index (κ3) is 1.41. The Kier molecular flexibility index (Phi) is 2.26. The maximum Gasteiger partial charge on any atom is 0.179 e. The zero-order chi connectivity index (χ0) is 8.43. The Bertz CT molecular complexity index is 278. The van der Waals surface area contributed by atoms with Crippen molar-refractivity contribution in [1.82, 2.24) is 0 Å². The summed E-state index contributed by atoms with van der Waals surface area (Å²) in [6, 6.07) is 2.19. The average molecular weight is 179 g/mol. The van der Waals surface area contributed by atoms with Gasteiger partial charge in [-0.3, -0.25) is 5.84 Å². The Hall–Kier alpha value is -0.870. The monoisotopic (exact) mass is 178 g/mol. The average Bonchev–Trinajstić information content (AvgIpc) is 2.01. The van der Waals surface area contributed by atoms with E-state index in [0.717, 1.165) is 6.07 Å². The molecule has 0 aliphatic carbocycles. The summed E-state index contributed by atoms with van der Waals surface area (Å²) < 4.78 is 24.9. The molecule has 0 amide bonds. The summed E-state index contributed by atoms with van der Waals surface area (Å²) in [7, 11) is 0. The van der Waals surface area contributed by atoms with Crippen LogP contribution in [0, 0.1) is 11.6 Å². The molecular weight excluding hydrogens is 174 g/mol. The second-order valence-corrected chi connectivity index (χ2v) is 2.25. The Balaban J connectivity index is 3.25. The van der Waals surface area contributed by atoms with Crippen LogP contribution < -0.4 is 11.3 Å². The lowest BCUT2D eigenvalue weighted by Crippen LogP contribution is -2.08. The van der Waals surface area contributed by atoms with Gasteiger partial charge in [0.1, 0.15) is 5.02 Å². The van der Waals surface area contributed by atoms with Gasteiger partial charge in [0.05, 0.1) is 5.69 Å². The van der Waals surface area contributed by atoms with Crippen LogP contribution in [-0.2, 0) is 0 Å². The van der Waals surface area contributed by atoms with Crippen LogP contribution >= 0.6 is 11.6 Å². The van der Waals surface area contributed by atoms with Gasteiger partial charge < -0.3 is 5.43 Å². The first-order valence-electron chi connectivity index (χ1n) is 2.77. The number of nitrogen functional groups attached to an aromatic ring is 1. The summed E-state index contributed by atoms with van der Waals surface area (Å²) in [5.41, 5.74) is 2.28. The maximum absolute atomic E-state index is 12.6. The van der Waals surface area contributed by atoms with Crippen LogP contribution in [0.25, 0.3) is 0 Å². The van der Waals surface area contributed by atoms with Crippen molar-refractivity contribution in [1.29, 1.82) is 0 Å². The van der Waals surface area contributed by atoms with Crippen molar-refractivity contribution in [3.63, 3.8) is 0 Å². The molecule has 0 aromatic heterocycles. The number of nitrogens with one attached hydrogen (secondary N) is 1. The Labute approximate surface area is 66.9 Å². The Morgan fingerprint density at radius 2 is 2.00 bits per heavy atom. The van der Waals surface area contributed by atoms with Gasteiger partial charge in [-0.25, -0.2) is 8.78 Å². The van der Waals surface area contributed by atoms with E-state index in [4.69, 9.17) is 17.4 Å². The van der Waals surface area contributed by atoms with E-state index < -0.39 is 11.6 Å². The number of benzene rings is 1. The first-order valence-corrected chi connectivity index (χ1v) is 3.14. The van der Waals surface area contributed by atoms with Crippen molar-refractivity contribution in [2.45, 2.75) is 0 Å². The third-order valence-corrected chi connectivity index (χ3v) is 1.56. The van der Waals surface area contributed by atoms with Gasteiger partial charge >= 0.3 is 0 Å². The maximum atomic E-state index is 12.6. The van der Waals surface area contributed by atoms with Crippen LogP contribution in [0.1, 0.15) is 0 Å². The number of anilines is 1. The fourth-order valence-corrected chi connectivity index (χ4v) is 0.845. The molecule has 0 spiro atoms. The van der Waals surface area contributed by atoms with E-state index >= 15 is 0 Å². The Morgan fingerprint density at radius 3 is 2.55 bits per heavy atom. The molecule has 0 aliphatic rings. The number of halogens is 3. The van der Waals surface area contributed by atoms with Crippen molar-refractivity contribution in [3.8, 4) is 0 Å². The minimum atomic E-state index is -1.10. The van der Waals surface area contributed by atoms with E-state index in [1.807, 2.05) is 0 Å². The molecule has 1 aromatic carbocycles. The minimum Gasteiger partial charge on any atom is -0.323 e. The van der Waals surface area contributed by atoms with Gasteiger partial charge in [0.25, 0.3) is 0 Å². The predicted octanol–water partition coefficient (Wildman–Crippen LogP) is 1.90. The van der Waals surface area contributed by atoms with Gasteiger partial charge in [-0.1, -0.05) is 11.6 Å². The number of rotatable bonds is 1. The smallest absolute Gasteiger partial charge is 0.179 e. The molecule has 0 radical (unpaired) electrons. The summed E-state index contributed by atoms with van der Waals surface area (Å²) in [6.45, 7) is 0. The van der Waals surface area contributed by atoms with Gasteiger partial charge in [-0.15, -0.1) is 0 Å². The zero-order valence-corrected chi connectivity index (χ0v) is 6.12. The predicted molar refractivity (Wildman–Crippen MR) is 39.2 cm³/mol. The lowest BCUT2D eigenvalue weighted by molar-refractivity contribution is 0.509. The van der Waals surface area contributed by atoms with E-state index in [0.29, 0.717) is 0 Å². The van der Waals surface area contributed by atoms with E-state index in [-0.39, 0.29) is 10.7 Å². The van der Waals surface area contributed by atoms with E-state index in [2.05, 4.69) is 5.43 Å². The topological polar surface area (TPSA) is 38.0 Å². The first kappa shape index (κ1) is 8.23. The van der Waals surface area contributed by atoms with Gasteiger partial charge in [0, 0.05) is 0 Å². The van der Waals surface area contributed by atoms with Crippen molar-refractivity contribution < 1.29 is 8.78 Å². The van der Waals surface area contributed by atoms with Crippen LogP contribution in [0.3, 0.4) is 0 Å². The van der Waals surface area contributed by atoms with Crippen molar-refractivity contribution in [2.75, 3.05) is 5.43 Å². The molecular formula is C6H5ClF2N2. The number of nitrogens with two attached hydrogens (primary N) is 1. The molecule has 0 atom stereocenters. The summed E-state index contributed by atoms with van der Waals surface area (Å²) in [5.74, 6) is 2.86. The summed E-state index contributed by atoms with van der Waals surface area (Å²) in [4.78, 5) is 0. The molecule has 2 nitrogen and oxygen atoms in total. The van der Waals surface area contributed by atoms with Crippen LogP contribution in [0.2, 0.25) is 5.02 Å². The van der Waals surface area contributed by atoms with Crippen LogP contribution in [0.5, 0.6) is 0 Å². The second kappa shape index (κ2) is 3.02. The summed E-state index contributed by atoms with van der Waals surface area (Å²) in [6.07, 6.45) is 0. The molecule has 1 aromatic rings. The largest absolute Gasteiger partial charge is 0.323 e. The van der Waals surface area contributed by atoms with Gasteiger partial charge in [0.15, 0.2) is 11.6 Å². The van der Waals surface area contributed by atoms with Gasteiger partial charge in [-0.05, 0) is 12.1 Å². The normalized spacial score (nSPS) is 9.82. The highest BCUT2D eigenvalue weighted by Gasteiger charge is 2.09. The first-order chi connectivity index (χ1) is 5.16. The fourth-order valence-electron chi connectivity index (χ4n) is 0.637. The van der Waals surface area contributed by atoms with Crippen molar-refractivity contribution in [3.05, 3.63) is 28.8 Å².